The third-order valence-electron chi connectivity index (χ3n) is 4.49. The molecule has 1 amide bonds. The van der Waals surface area contributed by atoms with Crippen molar-refractivity contribution in [2.45, 2.75) is 85.5 Å². The molecule has 0 spiro atoms. The molecule has 5 heteroatoms. The quantitative estimate of drug-likeness (QED) is 0.358. The van der Waals surface area contributed by atoms with Crippen LogP contribution in [-0.2, 0) is 14.5 Å². The fraction of sp³-hybridized carbons (Fsp3) is 0.542. The number of rotatable bonds is 10. The Labute approximate surface area is 176 Å². The summed E-state index contributed by atoms with van der Waals surface area (Å²) in [6.45, 7) is 19.4. The minimum absolute atomic E-state index is 0.335. The van der Waals surface area contributed by atoms with Crippen LogP contribution in [0.15, 0.2) is 36.5 Å². The van der Waals surface area contributed by atoms with E-state index in [-0.39, 0.29) is 11.7 Å². The van der Waals surface area contributed by atoms with E-state index in [9.17, 15) is 4.79 Å². The van der Waals surface area contributed by atoms with Crippen LogP contribution in [0.1, 0.15) is 79.4 Å². The van der Waals surface area contributed by atoms with Crippen molar-refractivity contribution in [2.75, 3.05) is 0 Å². The largest absolute Gasteiger partial charge is 0.446 e. The van der Waals surface area contributed by atoms with Crippen LogP contribution in [0.5, 0.6) is 0 Å². The maximum Gasteiger partial charge on any atom is 0.411 e. The second-order valence-electron chi connectivity index (χ2n) is 8.82. The Morgan fingerprint density at radius 2 is 1.79 bits per heavy atom. The molecule has 162 valence electrons. The Morgan fingerprint density at radius 3 is 2.38 bits per heavy atom. The lowest BCUT2D eigenvalue weighted by atomic mass is 10.0. The molecule has 1 N–H and O–H groups in total. The second-order valence-corrected chi connectivity index (χ2v) is 8.82. The Morgan fingerprint density at radius 1 is 1.17 bits per heavy atom. The summed E-state index contributed by atoms with van der Waals surface area (Å²) in [5, 5.41) is 2.76. The van der Waals surface area contributed by atoms with Crippen molar-refractivity contribution in [1.29, 1.82) is 0 Å². The summed E-state index contributed by atoms with van der Waals surface area (Å²) in [5.74, 6) is 0. The van der Waals surface area contributed by atoms with Crippen molar-refractivity contribution in [3.05, 3.63) is 47.7 Å². The van der Waals surface area contributed by atoms with Crippen LogP contribution in [0.4, 0.5) is 4.79 Å². The van der Waals surface area contributed by atoms with E-state index in [0.717, 1.165) is 23.1 Å². The molecule has 0 saturated carbocycles. The molecule has 0 aliphatic heterocycles. The molecule has 29 heavy (non-hydrogen) atoms. The van der Waals surface area contributed by atoms with Crippen LogP contribution in [0.25, 0.3) is 11.6 Å². The predicted octanol–water partition coefficient (Wildman–Crippen LogP) is 6.50. The zero-order valence-corrected chi connectivity index (χ0v) is 19.2. The van der Waals surface area contributed by atoms with Crippen LogP contribution in [0.2, 0.25) is 0 Å². The highest BCUT2D eigenvalue weighted by molar-refractivity contribution is 5.72. The molecule has 0 heterocycles. The van der Waals surface area contributed by atoms with E-state index >= 15 is 0 Å². The Hall–Kier alpha value is -2.11. The number of ether oxygens (including phenoxy) is 1. The molecular weight excluding hydrogens is 366 g/mol. The summed E-state index contributed by atoms with van der Waals surface area (Å²) in [6.07, 6.45) is 2.40. The number of carbonyl (C=O) groups is 1. The summed E-state index contributed by atoms with van der Waals surface area (Å²) < 4.78 is 5.47. The van der Waals surface area contributed by atoms with E-state index in [2.05, 4.69) is 11.9 Å². The van der Waals surface area contributed by atoms with E-state index in [1.807, 2.05) is 85.7 Å². The van der Waals surface area contributed by atoms with Gasteiger partial charge in [0.25, 0.3) is 0 Å². The van der Waals surface area contributed by atoms with Crippen molar-refractivity contribution < 1.29 is 19.3 Å². The van der Waals surface area contributed by atoms with Crippen molar-refractivity contribution in [3.8, 4) is 0 Å². The average molecular weight is 404 g/mol. The molecule has 0 saturated heterocycles. The number of amides is 1. The van der Waals surface area contributed by atoms with Crippen LogP contribution in [0.3, 0.4) is 0 Å². The molecule has 0 aliphatic rings. The SMILES string of the molecule is C=C(C)c1cccc(/C=C(\C)NC(=O)OC(C)CC(C)(C)OOC(C)(C)CC)c1. The molecule has 1 aromatic carbocycles. The summed E-state index contributed by atoms with van der Waals surface area (Å²) in [5.41, 5.74) is 2.81. The number of hydrogen-bond donors (Lipinski definition) is 1. The number of hydrogen-bond acceptors (Lipinski definition) is 4. The molecule has 0 fully saturated rings. The summed E-state index contributed by atoms with van der Waals surface area (Å²) in [6, 6.07) is 7.98. The van der Waals surface area contributed by atoms with E-state index in [4.69, 9.17) is 14.5 Å². The summed E-state index contributed by atoms with van der Waals surface area (Å²) in [7, 11) is 0. The standard InChI is InChI=1S/C24H37NO4/c1-10-23(6,7)28-29-24(8,9)16-19(5)27-22(26)25-18(4)14-20-12-11-13-21(15-20)17(2)3/h11-15,19H,2,10,16H2,1,3-9H3,(H,25,26)/b18-14+. The van der Waals surface area contributed by atoms with E-state index in [1.165, 1.54) is 0 Å². The minimum Gasteiger partial charge on any atom is -0.446 e. The van der Waals surface area contributed by atoms with Gasteiger partial charge in [-0.2, -0.15) is 0 Å². The van der Waals surface area contributed by atoms with Crippen molar-refractivity contribution >= 4 is 17.7 Å². The monoisotopic (exact) mass is 403 g/mol. The third kappa shape index (κ3) is 9.77. The van der Waals surface area contributed by atoms with Crippen LogP contribution in [0, 0.1) is 0 Å². The van der Waals surface area contributed by atoms with Crippen molar-refractivity contribution in [3.63, 3.8) is 0 Å². The molecule has 5 nitrogen and oxygen atoms in total. The molecule has 1 rings (SSSR count). The molecule has 0 aliphatic carbocycles. The van der Waals surface area contributed by atoms with Gasteiger partial charge in [0, 0.05) is 12.1 Å². The normalized spacial score (nSPS) is 13.7. The highest BCUT2D eigenvalue weighted by atomic mass is 17.2. The number of alkyl carbamates (subject to hydrolysis) is 1. The zero-order valence-electron chi connectivity index (χ0n) is 19.2. The maximum atomic E-state index is 12.2. The number of nitrogens with one attached hydrogen (secondary N) is 1. The minimum atomic E-state index is -0.583. The highest BCUT2D eigenvalue weighted by Gasteiger charge is 2.28. The van der Waals surface area contributed by atoms with Crippen molar-refractivity contribution in [2.24, 2.45) is 0 Å². The highest BCUT2D eigenvalue weighted by Crippen LogP contribution is 2.24. The lowest BCUT2D eigenvalue weighted by Crippen LogP contribution is -2.36. The molecule has 1 aromatic rings. The van der Waals surface area contributed by atoms with Gasteiger partial charge in [0.05, 0.1) is 5.60 Å². The number of carbonyl (C=O) groups excluding carboxylic acids is 1. The van der Waals surface area contributed by atoms with Gasteiger partial charge in [-0.15, -0.1) is 0 Å². The molecule has 0 aromatic heterocycles. The fourth-order valence-corrected chi connectivity index (χ4v) is 2.61. The molecule has 1 unspecified atom stereocenters. The number of allylic oxidation sites excluding steroid dienone is 2. The van der Waals surface area contributed by atoms with Crippen LogP contribution < -0.4 is 5.32 Å². The number of benzene rings is 1. The first-order valence-corrected chi connectivity index (χ1v) is 10.1. The lowest BCUT2D eigenvalue weighted by molar-refractivity contribution is -0.403. The predicted molar refractivity (Wildman–Crippen MR) is 119 cm³/mol. The lowest BCUT2D eigenvalue weighted by Gasteiger charge is -2.31. The van der Waals surface area contributed by atoms with Gasteiger partial charge in [-0.25, -0.2) is 14.6 Å². The van der Waals surface area contributed by atoms with Gasteiger partial charge in [0.15, 0.2) is 0 Å². The van der Waals surface area contributed by atoms with Gasteiger partial charge in [0.1, 0.15) is 11.7 Å². The molecule has 1 atom stereocenters. The first-order valence-electron chi connectivity index (χ1n) is 10.1. The van der Waals surface area contributed by atoms with E-state index < -0.39 is 11.7 Å². The Kier molecular flexibility index (Phi) is 9.12. The second kappa shape index (κ2) is 10.6. The van der Waals surface area contributed by atoms with E-state index in [1.54, 1.807) is 0 Å². The maximum absolute atomic E-state index is 12.2. The van der Waals surface area contributed by atoms with Gasteiger partial charge in [-0.05, 0) is 78.2 Å². The summed E-state index contributed by atoms with van der Waals surface area (Å²) >= 11 is 0. The average Bonchev–Trinajstić information content (AvgIpc) is 2.59. The van der Waals surface area contributed by atoms with Crippen LogP contribution >= 0.6 is 0 Å². The Balaban J connectivity index is 2.58. The van der Waals surface area contributed by atoms with Gasteiger partial charge in [-0.1, -0.05) is 37.3 Å². The van der Waals surface area contributed by atoms with E-state index in [0.29, 0.717) is 12.1 Å². The van der Waals surface area contributed by atoms with Gasteiger partial charge in [-0.3, -0.25) is 5.32 Å². The van der Waals surface area contributed by atoms with Gasteiger partial charge >= 0.3 is 6.09 Å². The molecule has 0 radical (unpaired) electrons. The first kappa shape index (κ1) is 24.9. The Bertz CT molecular complexity index is 734. The third-order valence-corrected chi connectivity index (χ3v) is 4.49. The fourth-order valence-electron chi connectivity index (χ4n) is 2.61. The summed E-state index contributed by atoms with van der Waals surface area (Å²) in [4.78, 5) is 23.4. The van der Waals surface area contributed by atoms with Gasteiger partial charge < -0.3 is 4.74 Å². The molecule has 0 bridgehead atoms. The first-order chi connectivity index (χ1) is 13.3. The smallest absolute Gasteiger partial charge is 0.411 e. The zero-order chi connectivity index (χ0) is 22.2. The van der Waals surface area contributed by atoms with Gasteiger partial charge in [0.2, 0.25) is 0 Å². The van der Waals surface area contributed by atoms with Crippen molar-refractivity contribution in [1.82, 2.24) is 5.32 Å². The van der Waals surface area contributed by atoms with Crippen LogP contribution in [-0.4, -0.2) is 23.4 Å². The molecular formula is C24H37NO4. The topological polar surface area (TPSA) is 56.8 Å².